The summed E-state index contributed by atoms with van der Waals surface area (Å²) in [5, 5.41) is 2.61. The van der Waals surface area contributed by atoms with Gasteiger partial charge in [0.15, 0.2) is 0 Å². The molecule has 8 nitrogen and oxygen atoms in total. The Labute approximate surface area is 137 Å². The molecule has 0 unspecified atom stereocenters. The molecule has 1 atom stereocenters. The van der Waals surface area contributed by atoms with E-state index in [0.29, 0.717) is 32.0 Å². The van der Waals surface area contributed by atoms with Crippen molar-refractivity contribution in [2.75, 3.05) is 39.5 Å². The fourth-order valence-electron chi connectivity index (χ4n) is 2.62. The van der Waals surface area contributed by atoms with Gasteiger partial charge in [-0.3, -0.25) is 9.69 Å². The minimum absolute atomic E-state index is 0.147. The van der Waals surface area contributed by atoms with E-state index in [2.05, 4.69) is 20.2 Å². The first-order valence-corrected chi connectivity index (χ1v) is 9.31. The van der Waals surface area contributed by atoms with E-state index in [1.165, 1.54) is 10.6 Å². The second-order valence-electron chi connectivity index (χ2n) is 5.81. The number of hydrogen-bond acceptors (Lipinski definition) is 6. The van der Waals surface area contributed by atoms with Gasteiger partial charge in [-0.25, -0.2) is 22.7 Å². The normalized spacial score (nSPS) is 20.9. The van der Waals surface area contributed by atoms with Gasteiger partial charge in [-0.1, -0.05) is 0 Å². The molecule has 23 heavy (non-hydrogen) atoms. The molecule has 1 saturated heterocycles. The molecular weight excluding hydrogens is 318 g/mol. The number of aromatic nitrogens is 2. The van der Waals surface area contributed by atoms with E-state index in [9.17, 15) is 13.2 Å². The Balaban J connectivity index is 2.14. The molecule has 1 aliphatic heterocycles. The number of nitrogens with zero attached hydrogens (tertiary/aromatic N) is 4. The van der Waals surface area contributed by atoms with Crippen LogP contribution in [0.1, 0.15) is 11.4 Å². The molecule has 2 heterocycles. The monoisotopic (exact) mass is 341 g/mol. The van der Waals surface area contributed by atoms with Gasteiger partial charge in [-0.2, -0.15) is 0 Å². The van der Waals surface area contributed by atoms with Crippen molar-refractivity contribution in [2.24, 2.45) is 5.92 Å². The molecule has 2 rings (SSSR count). The summed E-state index contributed by atoms with van der Waals surface area (Å²) in [6, 6.07) is 0. The zero-order valence-electron chi connectivity index (χ0n) is 13.7. The maximum absolute atomic E-state index is 12.1. The minimum Gasteiger partial charge on any atom is -0.359 e. The lowest BCUT2D eigenvalue weighted by Gasteiger charge is -2.22. The van der Waals surface area contributed by atoms with Gasteiger partial charge in [-0.15, -0.1) is 0 Å². The molecular formula is C14H23N5O3S. The van der Waals surface area contributed by atoms with Crippen molar-refractivity contribution >= 4 is 15.9 Å². The van der Waals surface area contributed by atoms with Crippen molar-refractivity contribution in [1.82, 2.24) is 24.5 Å². The number of carbonyl (C=O) groups excluding carboxylic acids is 1. The fourth-order valence-corrected chi connectivity index (χ4v) is 3.49. The van der Waals surface area contributed by atoms with Crippen LogP contribution in [-0.4, -0.2) is 73.0 Å². The molecule has 1 aromatic rings. The Morgan fingerprint density at radius 1 is 1.30 bits per heavy atom. The van der Waals surface area contributed by atoms with E-state index in [0.717, 1.165) is 5.56 Å². The van der Waals surface area contributed by atoms with Crippen LogP contribution in [-0.2, 0) is 21.4 Å². The van der Waals surface area contributed by atoms with Crippen LogP contribution >= 0.6 is 0 Å². The molecule has 1 aliphatic rings. The highest BCUT2D eigenvalue weighted by molar-refractivity contribution is 7.88. The summed E-state index contributed by atoms with van der Waals surface area (Å²) in [4.78, 5) is 22.5. The third-order valence-electron chi connectivity index (χ3n) is 3.90. The summed E-state index contributed by atoms with van der Waals surface area (Å²) in [6.45, 7) is 4.05. The van der Waals surface area contributed by atoms with E-state index >= 15 is 0 Å². The van der Waals surface area contributed by atoms with Crippen molar-refractivity contribution in [1.29, 1.82) is 0 Å². The maximum atomic E-state index is 12.1. The van der Waals surface area contributed by atoms with Crippen LogP contribution in [0, 0.1) is 12.8 Å². The molecule has 1 amide bonds. The van der Waals surface area contributed by atoms with E-state index < -0.39 is 15.9 Å². The predicted molar refractivity (Wildman–Crippen MR) is 86.0 cm³/mol. The van der Waals surface area contributed by atoms with Gasteiger partial charge in [0.1, 0.15) is 5.82 Å². The van der Waals surface area contributed by atoms with Crippen LogP contribution in [0.15, 0.2) is 12.4 Å². The SMILES string of the molecule is CNC(=O)[C@H]1CN(Cc2cnc(C)nc2)CCN(S(C)(=O)=O)C1. The van der Waals surface area contributed by atoms with Crippen molar-refractivity contribution in [3.63, 3.8) is 0 Å². The fraction of sp³-hybridized carbons (Fsp3) is 0.643. The summed E-state index contributed by atoms with van der Waals surface area (Å²) >= 11 is 0. The first kappa shape index (κ1) is 17.8. The van der Waals surface area contributed by atoms with Gasteiger partial charge in [-0.05, 0) is 6.92 Å². The summed E-state index contributed by atoms with van der Waals surface area (Å²) in [5.41, 5.74) is 0.944. The average molecular weight is 341 g/mol. The smallest absolute Gasteiger partial charge is 0.225 e. The molecule has 0 aromatic carbocycles. The third kappa shape index (κ3) is 4.95. The highest BCUT2D eigenvalue weighted by Gasteiger charge is 2.31. The van der Waals surface area contributed by atoms with Crippen molar-refractivity contribution < 1.29 is 13.2 Å². The van der Waals surface area contributed by atoms with E-state index in [1.807, 2.05) is 6.92 Å². The highest BCUT2D eigenvalue weighted by Crippen LogP contribution is 2.15. The van der Waals surface area contributed by atoms with Gasteiger partial charge in [0.25, 0.3) is 0 Å². The molecule has 0 radical (unpaired) electrons. The maximum Gasteiger partial charge on any atom is 0.225 e. The molecule has 9 heteroatoms. The zero-order chi connectivity index (χ0) is 17.0. The molecule has 0 bridgehead atoms. The van der Waals surface area contributed by atoms with Crippen LogP contribution in [0.3, 0.4) is 0 Å². The van der Waals surface area contributed by atoms with Gasteiger partial charge in [0.05, 0.1) is 12.2 Å². The number of rotatable bonds is 4. The number of amides is 1. The van der Waals surface area contributed by atoms with E-state index in [4.69, 9.17) is 0 Å². The molecule has 1 N–H and O–H groups in total. The summed E-state index contributed by atoms with van der Waals surface area (Å²) in [7, 11) is -1.76. The molecule has 1 fully saturated rings. The van der Waals surface area contributed by atoms with Crippen LogP contribution in [0.2, 0.25) is 0 Å². The van der Waals surface area contributed by atoms with Crippen LogP contribution in [0.25, 0.3) is 0 Å². The second kappa shape index (κ2) is 7.33. The molecule has 1 aromatic heterocycles. The lowest BCUT2D eigenvalue weighted by atomic mass is 10.1. The lowest BCUT2D eigenvalue weighted by Crippen LogP contribution is -2.41. The quantitative estimate of drug-likeness (QED) is 0.772. The lowest BCUT2D eigenvalue weighted by molar-refractivity contribution is -0.125. The minimum atomic E-state index is -3.32. The topological polar surface area (TPSA) is 95.5 Å². The van der Waals surface area contributed by atoms with Crippen LogP contribution in [0.4, 0.5) is 0 Å². The summed E-state index contributed by atoms with van der Waals surface area (Å²) in [5.74, 6) is 0.158. The summed E-state index contributed by atoms with van der Waals surface area (Å²) in [6.07, 6.45) is 4.70. The Bertz CT molecular complexity index is 647. The van der Waals surface area contributed by atoms with Crippen LogP contribution in [0.5, 0.6) is 0 Å². The third-order valence-corrected chi connectivity index (χ3v) is 5.16. The van der Waals surface area contributed by atoms with Gasteiger partial charge in [0.2, 0.25) is 15.9 Å². The molecule has 0 spiro atoms. The second-order valence-corrected chi connectivity index (χ2v) is 7.79. The average Bonchev–Trinajstić information content (AvgIpc) is 2.71. The largest absolute Gasteiger partial charge is 0.359 e. The van der Waals surface area contributed by atoms with Crippen molar-refractivity contribution in [2.45, 2.75) is 13.5 Å². The Morgan fingerprint density at radius 2 is 1.96 bits per heavy atom. The first-order chi connectivity index (χ1) is 10.8. The van der Waals surface area contributed by atoms with E-state index in [1.54, 1.807) is 19.4 Å². The number of nitrogens with one attached hydrogen (secondary N) is 1. The van der Waals surface area contributed by atoms with E-state index in [-0.39, 0.29) is 12.5 Å². The van der Waals surface area contributed by atoms with Gasteiger partial charge >= 0.3 is 0 Å². The number of hydrogen-bond donors (Lipinski definition) is 1. The Morgan fingerprint density at radius 3 is 2.52 bits per heavy atom. The van der Waals surface area contributed by atoms with Gasteiger partial charge < -0.3 is 5.32 Å². The molecule has 0 aliphatic carbocycles. The van der Waals surface area contributed by atoms with Crippen LogP contribution < -0.4 is 5.32 Å². The molecule has 128 valence electrons. The molecule has 0 saturated carbocycles. The Kier molecular flexibility index (Phi) is 5.66. The number of aryl methyl sites for hydroxylation is 1. The van der Waals surface area contributed by atoms with Gasteiger partial charge in [0, 0.05) is 57.7 Å². The summed E-state index contributed by atoms with van der Waals surface area (Å²) < 4.78 is 25.1. The number of sulfonamides is 1. The Hall–Kier alpha value is -1.58. The zero-order valence-corrected chi connectivity index (χ0v) is 14.5. The van der Waals surface area contributed by atoms with Crippen molar-refractivity contribution in [3.8, 4) is 0 Å². The van der Waals surface area contributed by atoms with Crippen molar-refractivity contribution in [3.05, 3.63) is 23.8 Å². The standard InChI is InChI=1S/C14H23N5O3S/c1-11-16-6-12(7-17-11)8-18-4-5-19(23(3,21)22)10-13(9-18)14(20)15-2/h6-7,13H,4-5,8-10H2,1-3H3,(H,15,20)/t13-/m0/s1. The first-order valence-electron chi connectivity index (χ1n) is 7.46. The predicted octanol–water partition coefficient (Wildman–Crippen LogP) is -0.776. The highest BCUT2D eigenvalue weighted by atomic mass is 32.2. The number of carbonyl (C=O) groups is 1.